The van der Waals surface area contributed by atoms with Crippen LogP contribution in [0.4, 0.5) is 0 Å². The van der Waals surface area contributed by atoms with E-state index < -0.39 is 0 Å². The van der Waals surface area contributed by atoms with Gasteiger partial charge in [-0.3, -0.25) is 4.79 Å². The smallest absolute Gasteiger partial charge is 0.267 e. The molecule has 3 aromatic carbocycles. The van der Waals surface area contributed by atoms with E-state index in [0.29, 0.717) is 11.5 Å². The van der Waals surface area contributed by atoms with Crippen molar-refractivity contribution in [3.05, 3.63) is 83.4 Å². The molecule has 3 rings (SSSR count). The minimum absolute atomic E-state index is 0.207. The van der Waals surface area contributed by atoms with E-state index in [1.807, 2.05) is 54.6 Å². The van der Waals surface area contributed by atoms with Gasteiger partial charge in [0, 0.05) is 11.1 Å². The van der Waals surface area contributed by atoms with Crippen LogP contribution in [0.2, 0.25) is 0 Å². The summed E-state index contributed by atoms with van der Waals surface area (Å²) in [5, 5.41) is 6.36. The molecule has 0 fully saturated rings. The lowest BCUT2D eigenvalue weighted by Crippen LogP contribution is -2.17. The number of hydrazone groups is 1. The van der Waals surface area contributed by atoms with Crippen molar-refractivity contribution < 1.29 is 4.79 Å². The Balaban J connectivity index is 1.72. The fraction of sp³-hybridized carbons (Fsp3) is 0.143. The first-order chi connectivity index (χ1) is 11.6. The fourth-order valence-electron chi connectivity index (χ4n) is 2.61. The Morgan fingerprint density at radius 2 is 1.67 bits per heavy atom. The molecule has 0 heterocycles. The molecule has 0 aliphatic carbocycles. The van der Waals surface area contributed by atoms with E-state index in [4.69, 9.17) is 0 Å². The molecule has 0 bridgehead atoms. The van der Waals surface area contributed by atoms with E-state index >= 15 is 0 Å². The zero-order valence-corrected chi connectivity index (χ0v) is 13.9. The van der Waals surface area contributed by atoms with E-state index in [0.717, 1.165) is 16.3 Å². The molecule has 0 radical (unpaired) electrons. The Hall–Kier alpha value is -2.94. The summed E-state index contributed by atoms with van der Waals surface area (Å²) in [6, 6.07) is 21.7. The van der Waals surface area contributed by atoms with E-state index in [-0.39, 0.29) is 5.91 Å². The molecule has 0 aliphatic rings. The van der Waals surface area contributed by atoms with E-state index in [2.05, 4.69) is 36.5 Å². The normalized spacial score (nSPS) is 11.3. The summed E-state index contributed by atoms with van der Waals surface area (Å²) < 4.78 is 0. The van der Waals surface area contributed by atoms with Crippen LogP contribution in [0.1, 0.15) is 41.3 Å². The number of fused-ring (bicyclic) bond motifs is 1. The first-order valence-electron chi connectivity index (χ1n) is 8.06. The van der Waals surface area contributed by atoms with Gasteiger partial charge in [0.2, 0.25) is 0 Å². The molecule has 3 nitrogen and oxygen atoms in total. The highest BCUT2D eigenvalue weighted by Crippen LogP contribution is 2.17. The van der Waals surface area contributed by atoms with Crippen molar-refractivity contribution in [1.82, 2.24) is 5.43 Å². The van der Waals surface area contributed by atoms with Gasteiger partial charge >= 0.3 is 0 Å². The van der Waals surface area contributed by atoms with Crippen molar-refractivity contribution in [3.63, 3.8) is 0 Å². The van der Waals surface area contributed by atoms with Crippen molar-refractivity contribution in [2.45, 2.75) is 19.8 Å². The summed E-state index contributed by atoms with van der Waals surface area (Å²) in [4.78, 5) is 12.2. The molecular formula is C21H20N2O. The van der Waals surface area contributed by atoms with Gasteiger partial charge in [-0.2, -0.15) is 5.10 Å². The summed E-state index contributed by atoms with van der Waals surface area (Å²) in [7, 11) is 0. The number of hydrogen-bond acceptors (Lipinski definition) is 2. The number of hydrogen-bond donors (Lipinski definition) is 1. The quantitative estimate of drug-likeness (QED) is 0.549. The molecule has 0 saturated carbocycles. The Morgan fingerprint density at radius 1 is 0.958 bits per heavy atom. The third-order valence-electron chi connectivity index (χ3n) is 4.03. The summed E-state index contributed by atoms with van der Waals surface area (Å²) in [6.45, 7) is 4.26. The second-order valence-corrected chi connectivity index (χ2v) is 6.04. The standard InChI is InChI=1S/C21H20N2O/c1-15(2)16-10-12-18(13-11-16)21(24)23-22-14-19-8-5-7-17-6-3-4-9-20(17)19/h3-15H,1-2H3,(H,23,24). The zero-order valence-electron chi connectivity index (χ0n) is 13.9. The van der Waals surface area contributed by atoms with Crippen LogP contribution in [-0.4, -0.2) is 12.1 Å². The molecule has 0 aromatic heterocycles. The third-order valence-corrected chi connectivity index (χ3v) is 4.03. The Labute approximate surface area is 142 Å². The van der Waals surface area contributed by atoms with Crippen LogP contribution in [0, 0.1) is 0 Å². The van der Waals surface area contributed by atoms with Gasteiger partial charge in [0.15, 0.2) is 0 Å². The second kappa shape index (κ2) is 7.09. The minimum Gasteiger partial charge on any atom is -0.267 e. The number of rotatable bonds is 4. The summed E-state index contributed by atoms with van der Waals surface area (Å²) in [5.74, 6) is 0.244. The first-order valence-corrected chi connectivity index (χ1v) is 8.06. The van der Waals surface area contributed by atoms with Crippen LogP contribution in [-0.2, 0) is 0 Å². The predicted molar refractivity (Wildman–Crippen MR) is 99.5 cm³/mol. The topological polar surface area (TPSA) is 41.5 Å². The SMILES string of the molecule is CC(C)c1ccc(C(=O)NN=Cc2cccc3ccccc23)cc1. The van der Waals surface area contributed by atoms with E-state index in [1.165, 1.54) is 5.56 Å². The molecule has 3 aromatic rings. The van der Waals surface area contributed by atoms with Crippen molar-refractivity contribution in [1.29, 1.82) is 0 Å². The molecule has 3 heteroatoms. The van der Waals surface area contributed by atoms with Crippen LogP contribution in [0.25, 0.3) is 10.8 Å². The van der Waals surface area contributed by atoms with Crippen LogP contribution in [0.15, 0.2) is 71.8 Å². The maximum Gasteiger partial charge on any atom is 0.271 e. The maximum absolute atomic E-state index is 12.2. The molecule has 24 heavy (non-hydrogen) atoms. The van der Waals surface area contributed by atoms with Crippen LogP contribution < -0.4 is 5.43 Å². The maximum atomic E-state index is 12.2. The van der Waals surface area contributed by atoms with Gasteiger partial charge in [0.1, 0.15) is 0 Å². The number of carbonyl (C=O) groups excluding carboxylic acids is 1. The number of nitrogens with one attached hydrogen (secondary N) is 1. The fourth-order valence-corrected chi connectivity index (χ4v) is 2.61. The molecule has 0 saturated heterocycles. The molecular weight excluding hydrogens is 296 g/mol. The van der Waals surface area contributed by atoms with Gasteiger partial charge in [-0.25, -0.2) is 5.43 Å². The van der Waals surface area contributed by atoms with Gasteiger partial charge in [-0.15, -0.1) is 0 Å². The van der Waals surface area contributed by atoms with Crippen LogP contribution in [0.3, 0.4) is 0 Å². The Kier molecular flexibility index (Phi) is 4.71. The van der Waals surface area contributed by atoms with Crippen LogP contribution in [0.5, 0.6) is 0 Å². The van der Waals surface area contributed by atoms with E-state index in [1.54, 1.807) is 6.21 Å². The lowest BCUT2D eigenvalue weighted by atomic mass is 10.0. The second-order valence-electron chi connectivity index (χ2n) is 6.04. The third kappa shape index (κ3) is 3.51. The summed E-state index contributed by atoms with van der Waals surface area (Å²) in [6.07, 6.45) is 1.68. The minimum atomic E-state index is -0.207. The monoisotopic (exact) mass is 316 g/mol. The van der Waals surface area contributed by atoms with Gasteiger partial charge in [0.25, 0.3) is 5.91 Å². The number of benzene rings is 3. The number of amides is 1. The average molecular weight is 316 g/mol. The average Bonchev–Trinajstić information content (AvgIpc) is 2.62. The highest BCUT2D eigenvalue weighted by atomic mass is 16.2. The van der Waals surface area contributed by atoms with Gasteiger partial charge in [-0.05, 0) is 34.4 Å². The highest BCUT2D eigenvalue weighted by Gasteiger charge is 2.05. The molecule has 120 valence electrons. The van der Waals surface area contributed by atoms with Crippen molar-refractivity contribution in [2.75, 3.05) is 0 Å². The van der Waals surface area contributed by atoms with Gasteiger partial charge < -0.3 is 0 Å². The number of nitrogens with zero attached hydrogens (tertiary/aromatic N) is 1. The lowest BCUT2D eigenvalue weighted by molar-refractivity contribution is 0.0955. The lowest BCUT2D eigenvalue weighted by Gasteiger charge is -2.06. The van der Waals surface area contributed by atoms with Gasteiger partial charge in [-0.1, -0.05) is 68.4 Å². The molecule has 1 amide bonds. The Bertz CT molecular complexity index is 874. The predicted octanol–water partition coefficient (Wildman–Crippen LogP) is 4.73. The molecule has 0 atom stereocenters. The van der Waals surface area contributed by atoms with Crippen LogP contribution >= 0.6 is 0 Å². The molecule has 0 unspecified atom stereocenters. The molecule has 0 spiro atoms. The largest absolute Gasteiger partial charge is 0.271 e. The molecule has 1 N–H and O–H groups in total. The van der Waals surface area contributed by atoms with Crippen molar-refractivity contribution in [2.24, 2.45) is 5.10 Å². The van der Waals surface area contributed by atoms with Crippen molar-refractivity contribution in [3.8, 4) is 0 Å². The summed E-state index contributed by atoms with van der Waals surface area (Å²) in [5.41, 5.74) is 5.39. The van der Waals surface area contributed by atoms with E-state index in [9.17, 15) is 4.79 Å². The number of carbonyl (C=O) groups is 1. The zero-order chi connectivity index (χ0) is 16.9. The summed E-state index contributed by atoms with van der Waals surface area (Å²) >= 11 is 0. The van der Waals surface area contributed by atoms with Gasteiger partial charge in [0.05, 0.1) is 6.21 Å². The first kappa shape index (κ1) is 15.9. The van der Waals surface area contributed by atoms with Crippen molar-refractivity contribution >= 4 is 22.9 Å². The molecule has 0 aliphatic heterocycles. The highest BCUT2D eigenvalue weighted by molar-refractivity contribution is 6.00. The Morgan fingerprint density at radius 3 is 2.42 bits per heavy atom.